The largest absolute Gasteiger partial charge is 0.361 e. The summed E-state index contributed by atoms with van der Waals surface area (Å²) < 4.78 is 14.3. The lowest BCUT2D eigenvalue weighted by Crippen LogP contribution is -2.19. The summed E-state index contributed by atoms with van der Waals surface area (Å²) in [5.41, 5.74) is 4.21. The number of ether oxygens (including phenoxy) is 1. The molecule has 0 aliphatic carbocycles. The molecule has 0 saturated carbocycles. The Morgan fingerprint density at radius 2 is 2.13 bits per heavy atom. The molecular formula is C17H18IN3O2. The molecule has 1 aliphatic rings. The highest BCUT2D eigenvalue weighted by Gasteiger charge is 2.21. The van der Waals surface area contributed by atoms with Crippen LogP contribution in [0.3, 0.4) is 0 Å². The normalized spacial score (nSPS) is 18.7. The molecule has 0 spiro atoms. The van der Waals surface area contributed by atoms with Crippen molar-refractivity contribution in [3.8, 4) is 11.1 Å². The molecule has 1 fully saturated rings. The van der Waals surface area contributed by atoms with Gasteiger partial charge in [-0.1, -0.05) is 11.2 Å². The number of fused-ring (bicyclic) bond motifs is 1. The molecule has 1 aliphatic heterocycles. The van der Waals surface area contributed by atoms with Crippen molar-refractivity contribution in [1.29, 1.82) is 0 Å². The van der Waals surface area contributed by atoms with Crippen molar-refractivity contribution in [3.63, 3.8) is 0 Å². The molecule has 0 amide bonds. The van der Waals surface area contributed by atoms with Gasteiger partial charge >= 0.3 is 0 Å². The van der Waals surface area contributed by atoms with Crippen LogP contribution in [0.2, 0.25) is 0 Å². The maximum atomic E-state index is 5.93. The first-order valence-corrected chi connectivity index (χ1v) is 8.95. The van der Waals surface area contributed by atoms with Gasteiger partial charge in [0, 0.05) is 17.6 Å². The number of hydrogen-bond acceptors (Lipinski definition) is 4. The SMILES string of the molecule is Cc1noc(C)c1-c1ccc2c(I)nn(C3CCCCO3)c2c1. The first-order valence-electron chi connectivity index (χ1n) is 7.88. The van der Waals surface area contributed by atoms with Gasteiger partial charge in [0.25, 0.3) is 0 Å². The molecule has 0 N–H and O–H groups in total. The molecule has 3 heterocycles. The number of aromatic nitrogens is 3. The van der Waals surface area contributed by atoms with E-state index in [0.29, 0.717) is 0 Å². The van der Waals surface area contributed by atoms with E-state index in [1.807, 2.05) is 18.5 Å². The minimum absolute atomic E-state index is 0.0367. The van der Waals surface area contributed by atoms with Gasteiger partial charge in [-0.15, -0.1) is 0 Å². The smallest absolute Gasteiger partial charge is 0.150 e. The average Bonchev–Trinajstić information content (AvgIpc) is 3.08. The van der Waals surface area contributed by atoms with Crippen molar-refractivity contribution >= 4 is 33.5 Å². The van der Waals surface area contributed by atoms with Crippen LogP contribution < -0.4 is 0 Å². The zero-order chi connectivity index (χ0) is 16.0. The third-order valence-corrected chi connectivity index (χ3v) is 5.21. The van der Waals surface area contributed by atoms with Gasteiger partial charge in [-0.3, -0.25) is 0 Å². The molecule has 1 atom stereocenters. The summed E-state index contributed by atoms with van der Waals surface area (Å²) in [7, 11) is 0. The maximum absolute atomic E-state index is 5.93. The van der Waals surface area contributed by atoms with Crippen LogP contribution in [0.1, 0.15) is 36.9 Å². The molecule has 6 heteroatoms. The van der Waals surface area contributed by atoms with Crippen LogP contribution in [0.25, 0.3) is 22.0 Å². The lowest BCUT2D eigenvalue weighted by atomic mass is 10.0. The van der Waals surface area contributed by atoms with Crippen LogP contribution in [0.15, 0.2) is 22.7 Å². The Morgan fingerprint density at radius 1 is 1.26 bits per heavy atom. The molecular weight excluding hydrogens is 405 g/mol. The van der Waals surface area contributed by atoms with E-state index in [0.717, 1.165) is 56.6 Å². The molecule has 1 aromatic carbocycles. The Hall–Kier alpha value is -1.41. The van der Waals surface area contributed by atoms with Crippen molar-refractivity contribution in [3.05, 3.63) is 33.4 Å². The zero-order valence-corrected chi connectivity index (χ0v) is 15.3. The van der Waals surface area contributed by atoms with E-state index in [1.165, 1.54) is 6.42 Å². The Morgan fingerprint density at radius 3 is 2.83 bits per heavy atom. The van der Waals surface area contributed by atoms with E-state index in [4.69, 9.17) is 14.4 Å². The molecule has 2 aromatic heterocycles. The lowest BCUT2D eigenvalue weighted by Gasteiger charge is -2.23. The molecule has 23 heavy (non-hydrogen) atoms. The lowest BCUT2D eigenvalue weighted by molar-refractivity contribution is -0.0368. The van der Waals surface area contributed by atoms with Gasteiger partial charge in [0.1, 0.15) is 9.46 Å². The van der Waals surface area contributed by atoms with Gasteiger partial charge in [-0.2, -0.15) is 5.10 Å². The predicted octanol–water partition coefficient (Wildman–Crippen LogP) is 4.61. The second-order valence-corrected chi connectivity index (χ2v) is 7.01. The van der Waals surface area contributed by atoms with Gasteiger partial charge < -0.3 is 9.26 Å². The van der Waals surface area contributed by atoms with Gasteiger partial charge in [-0.25, -0.2) is 4.68 Å². The minimum Gasteiger partial charge on any atom is -0.361 e. The zero-order valence-electron chi connectivity index (χ0n) is 13.2. The van der Waals surface area contributed by atoms with Gasteiger partial charge in [0.05, 0.1) is 11.2 Å². The number of benzene rings is 1. The van der Waals surface area contributed by atoms with E-state index >= 15 is 0 Å². The third-order valence-electron chi connectivity index (χ3n) is 4.41. The van der Waals surface area contributed by atoms with Crippen LogP contribution in [0.5, 0.6) is 0 Å². The fourth-order valence-corrected chi connectivity index (χ4v) is 3.97. The fourth-order valence-electron chi connectivity index (χ4n) is 3.28. The van der Waals surface area contributed by atoms with Crippen molar-refractivity contribution in [2.75, 3.05) is 6.61 Å². The fraction of sp³-hybridized carbons (Fsp3) is 0.412. The Labute approximate surface area is 148 Å². The van der Waals surface area contributed by atoms with E-state index in [2.05, 4.69) is 45.9 Å². The molecule has 0 bridgehead atoms. The number of nitrogens with zero attached hydrogens (tertiary/aromatic N) is 3. The number of rotatable bonds is 2. The van der Waals surface area contributed by atoms with E-state index in [9.17, 15) is 0 Å². The van der Waals surface area contributed by atoms with Crippen LogP contribution in [0.4, 0.5) is 0 Å². The van der Waals surface area contributed by atoms with E-state index in [1.54, 1.807) is 0 Å². The monoisotopic (exact) mass is 423 g/mol. The van der Waals surface area contributed by atoms with Crippen molar-refractivity contribution in [1.82, 2.24) is 14.9 Å². The van der Waals surface area contributed by atoms with Crippen LogP contribution in [-0.2, 0) is 4.74 Å². The third kappa shape index (κ3) is 2.57. The van der Waals surface area contributed by atoms with Gasteiger partial charge in [0.2, 0.25) is 0 Å². The van der Waals surface area contributed by atoms with Gasteiger partial charge in [0.15, 0.2) is 6.23 Å². The van der Waals surface area contributed by atoms with Crippen molar-refractivity contribution in [2.24, 2.45) is 0 Å². The summed E-state index contributed by atoms with van der Waals surface area (Å²) in [4.78, 5) is 0. The Kier molecular flexibility index (Phi) is 3.88. The highest BCUT2D eigenvalue weighted by Crippen LogP contribution is 2.33. The van der Waals surface area contributed by atoms with Crippen molar-refractivity contribution < 1.29 is 9.26 Å². The molecule has 120 valence electrons. The standard InChI is InChI=1S/C17H18IN3O2/c1-10-16(11(2)23-20-10)12-6-7-13-14(9-12)21(19-17(13)18)15-5-3-4-8-22-15/h6-7,9,15H,3-5,8H2,1-2H3. The quantitative estimate of drug-likeness (QED) is 0.565. The van der Waals surface area contributed by atoms with E-state index < -0.39 is 0 Å². The minimum atomic E-state index is 0.0367. The van der Waals surface area contributed by atoms with Crippen LogP contribution in [-0.4, -0.2) is 21.5 Å². The molecule has 5 nitrogen and oxygen atoms in total. The van der Waals surface area contributed by atoms with Crippen molar-refractivity contribution in [2.45, 2.75) is 39.3 Å². The first-order chi connectivity index (χ1) is 11.1. The summed E-state index contributed by atoms with van der Waals surface area (Å²) in [6.45, 7) is 4.73. The van der Waals surface area contributed by atoms with E-state index in [-0.39, 0.29) is 6.23 Å². The average molecular weight is 423 g/mol. The number of aryl methyl sites for hydroxylation is 2. The predicted molar refractivity (Wildman–Crippen MR) is 96.3 cm³/mol. The molecule has 1 unspecified atom stereocenters. The molecule has 4 rings (SSSR count). The molecule has 0 radical (unpaired) electrons. The number of halogens is 1. The highest BCUT2D eigenvalue weighted by atomic mass is 127. The Bertz CT molecular complexity index is 843. The highest BCUT2D eigenvalue weighted by molar-refractivity contribution is 14.1. The number of hydrogen-bond donors (Lipinski definition) is 0. The Balaban J connectivity index is 1.87. The molecule has 1 saturated heterocycles. The second-order valence-electron chi connectivity index (χ2n) is 5.99. The second kappa shape index (κ2) is 5.90. The topological polar surface area (TPSA) is 53.1 Å². The first kappa shape index (κ1) is 15.1. The van der Waals surface area contributed by atoms with Gasteiger partial charge in [-0.05, 0) is 73.4 Å². The summed E-state index contributed by atoms with van der Waals surface area (Å²) in [6.07, 6.45) is 3.38. The van der Waals surface area contributed by atoms with Crippen LogP contribution in [0, 0.1) is 17.5 Å². The summed E-state index contributed by atoms with van der Waals surface area (Å²) in [5, 5.41) is 9.95. The maximum Gasteiger partial charge on any atom is 0.150 e. The summed E-state index contributed by atoms with van der Waals surface area (Å²) in [5.74, 6) is 0.844. The summed E-state index contributed by atoms with van der Waals surface area (Å²) in [6, 6.07) is 6.42. The summed E-state index contributed by atoms with van der Waals surface area (Å²) >= 11 is 2.30. The van der Waals surface area contributed by atoms with Crippen LogP contribution >= 0.6 is 22.6 Å². The molecule has 3 aromatic rings.